The van der Waals surface area contributed by atoms with Gasteiger partial charge >= 0.3 is 0 Å². The van der Waals surface area contributed by atoms with E-state index in [4.69, 9.17) is 9.98 Å². The third-order valence-electron chi connectivity index (χ3n) is 17.2. The number of hydrogen-bond donors (Lipinski definition) is 8. The van der Waals surface area contributed by atoms with Crippen LogP contribution in [0, 0.1) is 11.8 Å². The topological polar surface area (TPSA) is 268 Å². The van der Waals surface area contributed by atoms with E-state index in [1.54, 1.807) is 37.7 Å². The van der Waals surface area contributed by atoms with Crippen LogP contribution >= 0.6 is 23.1 Å². The molecule has 1 aromatic heterocycles. The molecule has 4 fully saturated rings. The van der Waals surface area contributed by atoms with Crippen molar-refractivity contribution in [2.45, 2.75) is 164 Å². The molecule has 5 aliphatic rings. The fourth-order valence-corrected chi connectivity index (χ4v) is 14.1. The molecule has 23 heteroatoms. The Kier molecular flexibility index (Phi) is 23.7. The van der Waals surface area contributed by atoms with Crippen LogP contribution in [0.25, 0.3) is 11.3 Å². The number of thiazole rings is 1. The Morgan fingerprint density at radius 2 is 1.13 bits per heavy atom. The summed E-state index contributed by atoms with van der Waals surface area (Å²) in [5.74, 6) is -2.35. The zero-order valence-corrected chi connectivity index (χ0v) is 51.1. The summed E-state index contributed by atoms with van der Waals surface area (Å²) in [6, 6.07) is 14.5. The summed E-state index contributed by atoms with van der Waals surface area (Å²) in [5, 5.41) is 24.5. The number of carbonyl (C=O) groups excluding carboxylic acids is 8. The second kappa shape index (κ2) is 31.2. The predicted molar refractivity (Wildman–Crippen MR) is 328 cm³/mol. The van der Waals surface area contributed by atoms with Crippen molar-refractivity contribution in [2.75, 3.05) is 65.7 Å². The van der Waals surface area contributed by atoms with Crippen molar-refractivity contribution in [1.82, 2.24) is 56.9 Å². The van der Waals surface area contributed by atoms with E-state index in [0.29, 0.717) is 88.5 Å². The van der Waals surface area contributed by atoms with E-state index in [1.807, 2.05) is 67.7 Å². The van der Waals surface area contributed by atoms with Crippen molar-refractivity contribution in [1.29, 1.82) is 0 Å². The van der Waals surface area contributed by atoms with Crippen LogP contribution in [0.3, 0.4) is 0 Å². The van der Waals surface area contributed by atoms with Crippen molar-refractivity contribution in [2.24, 2.45) is 16.8 Å². The average molecular weight is 1190 g/mol. The average Bonchev–Trinajstić information content (AvgIpc) is 4.28. The van der Waals surface area contributed by atoms with Gasteiger partial charge in [-0.2, -0.15) is 0 Å². The second-order valence-electron chi connectivity index (χ2n) is 23.1. The minimum atomic E-state index is -0.753. The Bertz CT molecular complexity index is 2780. The summed E-state index contributed by atoms with van der Waals surface area (Å²) in [6.07, 6.45) is 13.0. The van der Waals surface area contributed by atoms with Gasteiger partial charge in [-0.05, 0) is 130 Å². The van der Waals surface area contributed by atoms with Crippen molar-refractivity contribution >= 4 is 80.4 Å². The van der Waals surface area contributed by atoms with Crippen LogP contribution in [0.4, 0.5) is 5.00 Å². The lowest BCUT2D eigenvalue weighted by atomic mass is 9.83. The molecule has 0 spiro atoms. The quantitative estimate of drug-likeness (QED) is 0.0495. The first-order valence-electron chi connectivity index (χ1n) is 30.4. The van der Waals surface area contributed by atoms with Gasteiger partial charge in [0.05, 0.1) is 12.1 Å². The summed E-state index contributed by atoms with van der Waals surface area (Å²) >= 11 is 2.29. The zero-order chi connectivity index (χ0) is 59.7. The third-order valence-corrected chi connectivity index (χ3v) is 19.3. The first kappa shape index (κ1) is 63.7. The van der Waals surface area contributed by atoms with Crippen LogP contribution in [-0.4, -0.2) is 174 Å². The molecule has 2 aromatic carbocycles. The number of anilines is 1. The molecule has 3 aromatic rings. The summed E-state index contributed by atoms with van der Waals surface area (Å²) in [7, 11) is 5.39. The number of nitrogens with one attached hydrogen (secondary N) is 8. The number of thioether (sulfide) groups is 1. The van der Waals surface area contributed by atoms with E-state index >= 15 is 0 Å². The van der Waals surface area contributed by atoms with Gasteiger partial charge in [0.25, 0.3) is 11.8 Å². The van der Waals surface area contributed by atoms with E-state index in [0.717, 1.165) is 86.7 Å². The van der Waals surface area contributed by atoms with Crippen LogP contribution in [0.15, 0.2) is 65.7 Å². The Hall–Kier alpha value is -6.27. The number of aliphatic imine (C=N–C) groups is 1. The van der Waals surface area contributed by atoms with Crippen molar-refractivity contribution in [3.63, 3.8) is 0 Å². The number of benzene rings is 2. The standard InChI is InChI=1S/C61H87N13O8S2/c1-38(62-3)50(75)66-48(42-26-14-8-15-27-42)60(81)73-36-18-30-44(73)52(77)70-56-46(40-22-10-6-11-23-40)68-58(83-56)54(79)64-32-20-34-72(5)35-21-33-65-55(80)59-69-47(41-24-12-7-13-25-41)57(84-59)71-53(78)45-31-19-37-74(45)61(82)49(43-28-16-9-17-29-43)67-51(76)39(2)63-4/h6-7,10-13,22-25,38-39,42-46,48-49,56,62-63H,8-9,14-21,26-37H2,1-5H3,(H,64,79)(H,65,80)(H,66,75)(H,67,76)(H,70,77)(H,71,78)/t38-,39-,44-,45-,46?,48-,49-,56?/m0/s1. The molecule has 8 atom stereocenters. The highest BCUT2D eigenvalue weighted by molar-refractivity contribution is 8.16. The van der Waals surface area contributed by atoms with Gasteiger partial charge in [-0.3, -0.25) is 43.3 Å². The largest absolute Gasteiger partial charge is 0.350 e. The molecule has 2 unspecified atom stereocenters. The zero-order valence-electron chi connectivity index (χ0n) is 49.4. The maximum atomic E-state index is 14.4. The number of rotatable bonds is 26. The molecule has 8 amide bonds. The Morgan fingerprint density at radius 3 is 1.65 bits per heavy atom. The third kappa shape index (κ3) is 16.6. The second-order valence-corrected chi connectivity index (χ2v) is 25.2. The van der Waals surface area contributed by atoms with Gasteiger partial charge in [-0.15, -0.1) is 0 Å². The summed E-state index contributed by atoms with van der Waals surface area (Å²) in [6.45, 7) is 6.41. The van der Waals surface area contributed by atoms with E-state index in [2.05, 4.69) is 47.4 Å². The van der Waals surface area contributed by atoms with Crippen molar-refractivity contribution in [3.8, 4) is 11.3 Å². The fraction of sp³-hybridized carbons (Fsp3) is 0.607. The smallest absolute Gasteiger partial charge is 0.280 e. The van der Waals surface area contributed by atoms with E-state index in [1.165, 1.54) is 11.8 Å². The SMILES string of the molecule is CN[C@@H](C)C(=O)N[C@H](C(=O)N1CCC[C@H]1C(=O)Nc1sc(C(=O)NCCCN(C)CCCNC(=O)C2=NC(c3ccccc3)C(NC(=O)[C@@H]3CCCN3C(=O)[C@@H](NC(=O)[C@H](C)NC)C3CCCCC3)S2)nc1-c1ccccc1)C1CCCCC1. The molecular formula is C61H87N13O8S2. The van der Waals surface area contributed by atoms with E-state index in [9.17, 15) is 38.4 Å². The Morgan fingerprint density at radius 1 is 0.631 bits per heavy atom. The maximum Gasteiger partial charge on any atom is 0.280 e. The van der Waals surface area contributed by atoms with Gasteiger partial charge in [0.2, 0.25) is 35.4 Å². The molecule has 8 rings (SSSR count). The Balaban J connectivity index is 0.803. The maximum absolute atomic E-state index is 14.4. The first-order valence-corrected chi connectivity index (χ1v) is 32.1. The summed E-state index contributed by atoms with van der Waals surface area (Å²) < 4.78 is 0. The monoisotopic (exact) mass is 1190 g/mol. The lowest BCUT2D eigenvalue weighted by Gasteiger charge is -2.35. The molecule has 0 radical (unpaired) electrons. The molecule has 21 nitrogen and oxygen atoms in total. The minimum Gasteiger partial charge on any atom is -0.350 e. The molecular weight excluding hydrogens is 1110 g/mol. The van der Waals surface area contributed by atoms with Gasteiger partial charge in [0.15, 0.2) is 10.1 Å². The molecule has 2 saturated carbocycles. The molecule has 3 aliphatic heterocycles. The number of likely N-dealkylation sites (N-methyl/N-ethyl adjacent to an activating group) is 2. The van der Waals surface area contributed by atoms with Crippen LogP contribution in [-0.2, 0) is 33.6 Å². The van der Waals surface area contributed by atoms with E-state index < -0.39 is 47.7 Å². The lowest BCUT2D eigenvalue weighted by molar-refractivity contribution is -0.143. The van der Waals surface area contributed by atoms with Gasteiger partial charge in [0.1, 0.15) is 46.3 Å². The number of amides is 8. The van der Waals surface area contributed by atoms with Crippen molar-refractivity contribution < 1.29 is 38.4 Å². The van der Waals surface area contributed by atoms with Crippen LogP contribution in [0.1, 0.15) is 138 Å². The predicted octanol–water partition coefficient (Wildman–Crippen LogP) is 4.96. The number of carbonyl (C=O) groups is 8. The minimum absolute atomic E-state index is 0.00405. The molecule has 84 heavy (non-hydrogen) atoms. The molecule has 2 aliphatic carbocycles. The molecule has 2 saturated heterocycles. The van der Waals surface area contributed by atoms with Gasteiger partial charge in [-0.1, -0.05) is 122 Å². The van der Waals surface area contributed by atoms with Gasteiger partial charge in [-0.25, -0.2) is 4.98 Å². The summed E-state index contributed by atoms with van der Waals surface area (Å²) in [4.78, 5) is 126. The van der Waals surface area contributed by atoms with Crippen LogP contribution in [0.5, 0.6) is 0 Å². The highest BCUT2D eigenvalue weighted by Gasteiger charge is 2.45. The molecule has 456 valence electrons. The van der Waals surface area contributed by atoms with Crippen molar-refractivity contribution in [3.05, 3.63) is 71.2 Å². The van der Waals surface area contributed by atoms with Crippen LogP contribution in [0.2, 0.25) is 0 Å². The van der Waals surface area contributed by atoms with Gasteiger partial charge in [0, 0.05) is 31.7 Å². The highest BCUT2D eigenvalue weighted by atomic mass is 32.2. The fourth-order valence-electron chi connectivity index (χ4n) is 12.1. The van der Waals surface area contributed by atoms with Gasteiger partial charge < -0.3 is 57.2 Å². The lowest BCUT2D eigenvalue weighted by Crippen LogP contribution is -2.58. The Labute approximate surface area is 502 Å². The number of nitrogens with zero attached hydrogens (tertiary/aromatic N) is 5. The van der Waals surface area contributed by atoms with Crippen LogP contribution < -0.4 is 42.5 Å². The molecule has 8 N–H and O–H groups in total. The normalized spacial score (nSPS) is 21.7. The molecule has 4 heterocycles. The highest BCUT2D eigenvalue weighted by Crippen LogP contribution is 2.38. The number of aromatic nitrogens is 1. The van der Waals surface area contributed by atoms with E-state index in [-0.39, 0.29) is 69.1 Å². The summed E-state index contributed by atoms with van der Waals surface area (Å²) in [5.41, 5.74) is 2.03. The first-order chi connectivity index (χ1) is 40.6. The number of hydrogen-bond acceptors (Lipinski definition) is 15. The molecule has 0 bridgehead atoms. The number of likely N-dealkylation sites (tertiary alicyclic amines) is 2.